The molecule has 4 nitrogen and oxygen atoms in total. The van der Waals surface area contributed by atoms with E-state index in [0.717, 1.165) is 0 Å². The van der Waals surface area contributed by atoms with Crippen molar-refractivity contribution < 1.29 is 61.4 Å². The minimum absolute atomic E-state index is 0. The van der Waals surface area contributed by atoms with Gasteiger partial charge in [0.2, 0.25) is 0 Å². The monoisotopic (exact) mass is 221 g/mol. The smallest absolute Gasteiger partial charge is 0.864 e. The zero-order chi connectivity index (χ0) is 9.14. The molecule has 0 saturated carbocycles. The Hall–Kier alpha value is 0.146. The van der Waals surface area contributed by atoms with Gasteiger partial charge < -0.3 is 5.11 Å². The number of hydrogen-bond acceptors (Lipinski definition) is 4. The summed E-state index contributed by atoms with van der Waals surface area (Å²) in [6.45, 7) is 0. The van der Waals surface area contributed by atoms with Crippen molar-refractivity contribution in [2.45, 2.75) is 0 Å². The zero-order valence-electron chi connectivity index (χ0n) is 6.89. The Balaban J connectivity index is 0.00000144. The Morgan fingerprint density at radius 1 is 1.31 bits per heavy atom. The van der Waals surface area contributed by atoms with Crippen LogP contribution in [0.4, 0.5) is 5.69 Å². The van der Waals surface area contributed by atoms with Gasteiger partial charge in [0.15, 0.2) is 0 Å². The summed E-state index contributed by atoms with van der Waals surface area (Å²) in [4.78, 5) is 9.65. The first-order valence-corrected chi connectivity index (χ1v) is 3.48. The van der Waals surface area contributed by atoms with E-state index < -0.39 is 9.97 Å². The van der Waals surface area contributed by atoms with E-state index in [1.165, 1.54) is 24.3 Å². The van der Waals surface area contributed by atoms with Crippen LogP contribution in [-0.2, 0) is 0 Å². The number of rotatable bonds is 2. The van der Waals surface area contributed by atoms with E-state index >= 15 is 0 Å². The third-order valence-corrected chi connectivity index (χ3v) is 1.55. The number of nitrogens with zero attached hydrogens (tertiary/aromatic N) is 1. The maximum atomic E-state index is 10.6. The minimum Gasteiger partial charge on any atom is -0.864 e. The van der Waals surface area contributed by atoms with E-state index in [0.29, 0.717) is 5.56 Å². The van der Waals surface area contributed by atoms with Crippen LogP contribution >= 0.6 is 12.2 Å². The van der Waals surface area contributed by atoms with Gasteiger partial charge in [0.1, 0.15) is 0 Å². The van der Waals surface area contributed by atoms with Gasteiger partial charge in [-0.15, -0.1) is 0 Å². The second kappa shape index (κ2) is 5.79. The van der Waals surface area contributed by atoms with Crippen molar-refractivity contribution in [3.8, 4) is 0 Å². The summed E-state index contributed by atoms with van der Waals surface area (Å²) < 4.78 is 0. The molecule has 0 heterocycles. The molecule has 13 heavy (non-hydrogen) atoms. The molecule has 0 N–H and O–H groups in total. The largest absolute Gasteiger partial charge is 1.00 e. The first-order valence-electron chi connectivity index (χ1n) is 3.07. The number of hydrogen-bond donors (Lipinski definition) is 0. The number of nitro benzene ring substituents is 1. The molecule has 0 aromatic heterocycles. The molecule has 0 atom stereocenters. The Morgan fingerprint density at radius 3 is 2.08 bits per heavy atom. The number of thiocarbonyl (C=S) groups is 1. The van der Waals surface area contributed by atoms with Gasteiger partial charge in [-0.05, 0) is 22.7 Å². The van der Waals surface area contributed by atoms with Crippen molar-refractivity contribution in [3.05, 3.63) is 39.9 Å². The number of benzene rings is 1. The van der Waals surface area contributed by atoms with Crippen LogP contribution in [0.15, 0.2) is 24.3 Å². The zero-order valence-corrected chi connectivity index (χ0v) is 10.8. The SMILES string of the molecule is O=[N+]([O-])c1ccc(C([O-])=S)cc1.[K+]. The summed E-state index contributed by atoms with van der Waals surface area (Å²) in [6.07, 6.45) is 0. The van der Waals surface area contributed by atoms with Gasteiger partial charge in [-0.1, -0.05) is 12.2 Å². The summed E-state index contributed by atoms with van der Waals surface area (Å²) in [5, 5.41) is 20.2. The molecule has 0 bridgehead atoms. The van der Waals surface area contributed by atoms with Gasteiger partial charge in [0.25, 0.3) is 5.69 Å². The standard InChI is InChI=1S/C7H5NO3S.K/c9-7(12)5-1-3-6(4-2-5)8(10)11;/h1-4H,(H,9,12);/q;+1/p-1. The molecule has 0 aliphatic carbocycles. The molecule has 0 amide bonds. The molecule has 0 fully saturated rings. The minimum atomic E-state index is -0.530. The van der Waals surface area contributed by atoms with Crippen LogP contribution in [0.25, 0.3) is 0 Å². The Kier molecular flexibility index (Phi) is 5.85. The molecule has 1 aromatic carbocycles. The van der Waals surface area contributed by atoms with E-state index in [1.807, 2.05) is 0 Å². The third-order valence-electron chi connectivity index (χ3n) is 1.31. The third kappa shape index (κ3) is 3.80. The van der Waals surface area contributed by atoms with Gasteiger partial charge >= 0.3 is 51.4 Å². The molecule has 6 heteroatoms. The molecule has 0 unspecified atom stereocenters. The van der Waals surface area contributed by atoms with Gasteiger partial charge in [0, 0.05) is 12.1 Å². The van der Waals surface area contributed by atoms with Crippen LogP contribution in [0.3, 0.4) is 0 Å². The second-order valence-corrected chi connectivity index (χ2v) is 2.46. The number of non-ortho nitro benzene ring substituents is 1. The van der Waals surface area contributed by atoms with Gasteiger partial charge in [0.05, 0.1) is 4.92 Å². The Labute approximate surface area is 123 Å². The Morgan fingerprint density at radius 2 is 1.77 bits per heavy atom. The van der Waals surface area contributed by atoms with Crippen LogP contribution in [0.1, 0.15) is 5.56 Å². The van der Waals surface area contributed by atoms with Crippen LogP contribution in [0, 0.1) is 10.1 Å². The molecule has 1 aromatic rings. The fraction of sp³-hybridized carbons (Fsp3) is 0. The van der Waals surface area contributed by atoms with E-state index in [9.17, 15) is 15.2 Å². The first-order chi connectivity index (χ1) is 5.61. The van der Waals surface area contributed by atoms with Crippen LogP contribution in [-0.4, -0.2) is 9.97 Å². The van der Waals surface area contributed by atoms with Crippen LogP contribution in [0.5, 0.6) is 0 Å². The predicted molar refractivity (Wildman–Crippen MR) is 44.8 cm³/mol. The van der Waals surface area contributed by atoms with Gasteiger partial charge in [-0.2, -0.15) is 0 Å². The molecule has 0 spiro atoms. The number of nitro groups is 1. The maximum Gasteiger partial charge on any atom is 1.00 e. The summed E-state index contributed by atoms with van der Waals surface area (Å²) in [6, 6.07) is 5.18. The van der Waals surface area contributed by atoms with E-state index in [-0.39, 0.29) is 57.1 Å². The van der Waals surface area contributed by atoms with Crippen molar-refractivity contribution in [2.24, 2.45) is 0 Å². The average molecular weight is 221 g/mol. The average Bonchev–Trinajstić information content (AvgIpc) is 2.04. The molecular weight excluding hydrogens is 217 g/mol. The second-order valence-electron chi connectivity index (χ2n) is 2.09. The molecule has 0 saturated heterocycles. The summed E-state index contributed by atoms with van der Waals surface area (Å²) >= 11 is 4.35. The fourth-order valence-electron chi connectivity index (χ4n) is 0.719. The van der Waals surface area contributed by atoms with Crippen molar-refractivity contribution >= 4 is 23.0 Å². The topological polar surface area (TPSA) is 66.2 Å². The molecule has 62 valence electrons. The normalized spacial score (nSPS) is 8.62. The van der Waals surface area contributed by atoms with Crippen molar-refractivity contribution in [3.63, 3.8) is 0 Å². The fourth-order valence-corrected chi connectivity index (χ4v) is 0.855. The predicted octanol–water partition coefficient (Wildman–Crippen LogP) is -2.37. The van der Waals surface area contributed by atoms with Crippen molar-refractivity contribution in [2.75, 3.05) is 0 Å². The van der Waals surface area contributed by atoms with Crippen LogP contribution < -0.4 is 56.5 Å². The summed E-state index contributed by atoms with van der Waals surface area (Å²) in [7, 11) is 0. The van der Waals surface area contributed by atoms with Gasteiger partial charge in [-0.25, -0.2) is 0 Å². The van der Waals surface area contributed by atoms with Crippen LogP contribution in [0.2, 0.25) is 0 Å². The van der Waals surface area contributed by atoms with E-state index in [1.54, 1.807) is 0 Å². The molecular formula is C7H4KNO3S. The van der Waals surface area contributed by atoms with E-state index in [2.05, 4.69) is 12.2 Å². The quantitative estimate of drug-likeness (QED) is 0.242. The summed E-state index contributed by atoms with van der Waals surface area (Å²) in [5.74, 6) is 0. The molecule has 1 rings (SSSR count). The van der Waals surface area contributed by atoms with Crippen molar-refractivity contribution in [1.82, 2.24) is 0 Å². The van der Waals surface area contributed by atoms with E-state index in [4.69, 9.17) is 0 Å². The maximum absolute atomic E-state index is 10.6. The van der Waals surface area contributed by atoms with Gasteiger partial charge in [-0.3, -0.25) is 10.1 Å². The summed E-state index contributed by atoms with van der Waals surface area (Å²) in [5.41, 5.74) is 0.255. The molecule has 0 aliphatic heterocycles. The molecule has 0 aliphatic rings. The molecule has 0 radical (unpaired) electrons. The first kappa shape index (κ1) is 13.1. The Bertz CT molecular complexity index is 292. The van der Waals surface area contributed by atoms with Crippen molar-refractivity contribution in [1.29, 1.82) is 0 Å².